The molecule has 5 rings (SSSR count). The summed E-state index contributed by atoms with van der Waals surface area (Å²) in [6.45, 7) is 2.05. The molecule has 7 heteroatoms. The topological polar surface area (TPSA) is 60.0 Å². The van der Waals surface area contributed by atoms with Crippen LogP contribution in [0.4, 0.5) is 4.39 Å². The highest BCUT2D eigenvalue weighted by Crippen LogP contribution is 2.27. The van der Waals surface area contributed by atoms with Gasteiger partial charge in [-0.25, -0.2) is 18.6 Å². The Kier molecular flexibility index (Phi) is 3.94. The summed E-state index contributed by atoms with van der Waals surface area (Å²) in [6, 6.07) is 8.32. The highest BCUT2D eigenvalue weighted by molar-refractivity contribution is 5.76. The van der Waals surface area contributed by atoms with Crippen LogP contribution >= 0.6 is 0 Å². The molecule has 1 atom stereocenters. The third-order valence-electron chi connectivity index (χ3n) is 5.09. The highest BCUT2D eigenvalue weighted by Gasteiger charge is 2.18. The summed E-state index contributed by atoms with van der Waals surface area (Å²) in [7, 11) is 0. The lowest BCUT2D eigenvalue weighted by Gasteiger charge is -2.22. The van der Waals surface area contributed by atoms with Crippen molar-refractivity contribution >= 4 is 5.65 Å². The van der Waals surface area contributed by atoms with Crippen molar-refractivity contribution in [2.24, 2.45) is 0 Å². The molecule has 1 saturated heterocycles. The van der Waals surface area contributed by atoms with Crippen LogP contribution in [0, 0.1) is 5.82 Å². The number of hydrogen-bond acceptors (Lipinski definition) is 4. The predicted molar refractivity (Wildman–Crippen MR) is 100 cm³/mol. The summed E-state index contributed by atoms with van der Waals surface area (Å²) in [5.41, 5.74) is 4.61. The summed E-state index contributed by atoms with van der Waals surface area (Å²) in [5.74, 6) is 0.177. The van der Waals surface area contributed by atoms with Gasteiger partial charge in [0.25, 0.3) is 0 Å². The second-order valence-electron chi connectivity index (χ2n) is 6.87. The van der Waals surface area contributed by atoms with E-state index in [1.807, 2.05) is 18.6 Å². The van der Waals surface area contributed by atoms with Gasteiger partial charge >= 0.3 is 0 Å². The molecule has 0 saturated carbocycles. The van der Waals surface area contributed by atoms with Crippen LogP contribution in [0.2, 0.25) is 0 Å². The number of nitrogens with zero attached hydrogens (tertiary/aromatic N) is 5. The summed E-state index contributed by atoms with van der Waals surface area (Å²) in [5, 5.41) is 12.3. The zero-order chi connectivity index (χ0) is 18.2. The minimum atomic E-state index is -0.261. The van der Waals surface area contributed by atoms with Crippen LogP contribution in [0.3, 0.4) is 0 Å². The molecule has 136 valence electrons. The van der Waals surface area contributed by atoms with Gasteiger partial charge in [0.15, 0.2) is 5.65 Å². The second kappa shape index (κ2) is 6.59. The monoisotopic (exact) mass is 362 g/mol. The van der Waals surface area contributed by atoms with Crippen molar-refractivity contribution in [1.82, 2.24) is 29.7 Å². The maximum absolute atomic E-state index is 13.1. The number of piperidine rings is 1. The SMILES string of the molecule is Fc1ccc(-n2cc(-c3cnn4ccc(C5CCCNC5)nc34)cn2)cc1. The Hall–Kier alpha value is -3.06. The van der Waals surface area contributed by atoms with E-state index in [1.54, 1.807) is 27.5 Å². The zero-order valence-electron chi connectivity index (χ0n) is 14.7. The molecule has 27 heavy (non-hydrogen) atoms. The van der Waals surface area contributed by atoms with Gasteiger partial charge in [0, 0.05) is 41.7 Å². The number of rotatable bonds is 3. The Morgan fingerprint density at radius 1 is 1.07 bits per heavy atom. The van der Waals surface area contributed by atoms with Gasteiger partial charge in [0.05, 0.1) is 18.1 Å². The van der Waals surface area contributed by atoms with E-state index in [1.165, 1.54) is 18.6 Å². The van der Waals surface area contributed by atoms with Gasteiger partial charge in [-0.05, 0) is 49.7 Å². The largest absolute Gasteiger partial charge is 0.316 e. The van der Waals surface area contributed by atoms with Crippen molar-refractivity contribution in [1.29, 1.82) is 0 Å². The van der Waals surface area contributed by atoms with Crippen LogP contribution in [0.15, 0.2) is 55.1 Å². The van der Waals surface area contributed by atoms with Crippen molar-refractivity contribution in [3.05, 3.63) is 66.6 Å². The first-order valence-corrected chi connectivity index (χ1v) is 9.14. The van der Waals surface area contributed by atoms with E-state index >= 15 is 0 Å². The predicted octanol–water partition coefficient (Wildman–Crippen LogP) is 3.19. The molecule has 4 heterocycles. The van der Waals surface area contributed by atoms with Crippen LogP contribution in [0.5, 0.6) is 0 Å². The lowest BCUT2D eigenvalue weighted by molar-refractivity contribution is 0.454. The minimum absolute atomic E-state index is 0.261. The summed E-state index contributed by atoms with van der Waals surface area (Å²) in [4.78, 5) is 4.90. The van der Waals surface area contributed by atoms with Gasteiger partial charge in [-0.15, -0.1) is 0 Å². The van der Waals surface area contributed by atoms with Crippen molar-refractivity contribution in [2.45, 2.75) is 18.8 Å². The molecule has 0 bridgehead atoms. The molecule has 3 aromatic heterocycles. The quantitative estimate of drug-likeness (QED) is 0.608. The van der Waals surface area contributed by atoms with Gasteiger partial charge in [0.2, 0.25) is 0 Å². The number of nitrogens with one attached hydrogen (secondary N) is 1. The summed E-state index contributed by atoms with van der Waals surface area (Å²) < 4.78 is 16.7. The molecule has 0 spiro atoms. The molecule has 4 aromatic rings. The van der Waals surface area contributed by atoms with E-state index in [0.717, 1.165) is 47.7 Å². The van der Waals surface area contributed by atoms with Gasteiger partial charge in [-0.2, -0.15) is 10.2 Å². The fourth-order valence-electron chi connectivity index (χ4n) is 3.62. The lowest BCUT2D eigenvalue weighted by atomic mass is 9.96. The van der Waals surface area contributed by atoms with E-state index in [0.29, 0.717) is 5.92 Å². The van der Waals surface area contributed by atoms with Crippen LogP contribution in [-0.4, -0.2) is 37.5 Å². The van der Waals surface area contributed by atoms with Crippen LogP contribution < -0.4 is 5.32 Å². The average Bonchev–Trinajstić information content (AvgIpc) is 3.35. The molecule has 1 unspecified atom stereocenters. The Labute approximate surface area is 155 Å². The van der Waals surface area contributed by atoms with Crippen LogP contribution in [0.25, 0.3) is 22.5 Å². The zero-order valence-corrected chi connectivity index (χ0v) is 14.7. The van der Waals surface area contributed by atoms with Crippen molar-refractivity contribution < 1.29 is 4.39 Å². The standard InChI is InChI=1S/C20H19FN6/c21-16-3-5-17(6-4-16)27-13-15(11-23-27)18-12-24-26-9-7-19(25-20(18)26)14-2-1-8-22-10-14/h3-7,9,11-14,22H,1-2,8,10H2. The fraction of sp³-hybridized carbons (Fsp3) is 0.250. The maximum atomic E-state index is 13.1. The molecule has 1 N–H and O–H groups in total. The van der Waals surface area contributed by atoms with E-state index < -0.39 is 0 Å². The highest BCUT2D eigenvalue weighted by atomic mass is 19.1. The normalized spacial score (nSPS) is 17.4. The molecule has 1 aromatic carbocycles. The fourth-order valence-corrected chi connectivity index (χ4v) is 3.62. The second-order valence-corrected chi connectivity index (χ2v) is 6.87. The third-order valence-corrected chi connectivity index (χ3v) is 5.09. The Bertz CT molecular complexity index is 1080. The number of aromatic nitrogens is 5. The van der Waals surface area contributed by atoms with Crippen LogP contribution in [-0.2, 0) is 0 Å². The van der Waals surface area contributed by atoms with E-state index in [2.05, 4.69) is 21.6 Å². The van der Waals surface area contributed by atoms with E-state index in [-0.39, 0.29) is 5.82 Å². The maximum Gasteiger partial charge on any atom is 0.163 e. The molecule has 1 aliphatic heterocycles. The smallest absolute Gasteiger partial charge is 0.163 e. The van der Waals surface area contributed by atoms with E-state index in [4.69, 9.17) is 4.98 Å². The Balaban J connectivity index is 1.52. The van der Waals surface area contributed by atoms with Crippen molar-refractivity contribution in [3.63, 3.8) is 0 Å². The number of benzene rings is 1. The van der Waals surface area contributed by atoms with Gasteiger partial charge in [-0.3, -0.25) is 0 Å². The lowest BCUT2D eigenvalue weighted by Crippen LogP contribution is -2.28. The molecule has 1 aliphatic rings. The first-order valence-electron chi connectivity index (χ1n) is 9.14. The van der Waals surface area contributed by atoms with Crippen LogP contribution in [0.1, 0.15) is 24.5 Å². The average molecular weight is 362 g/mol. The Morgan fingerprint density at radius 2 is 1.96 bits per heavy atom. The van der Waals surface area contributed by atoms with Gasteiger partial charge < -0.3 is 5.32 Å². The van der Waals surface area contributed by atoms with E-state index in [9.17, 15) is 4.39 Å². The molecule has 0 radical (unpaired) electrons. The molecular weight excluding hydrogens is 343 g/mol. The first kappa shape index (κ1) is 16.1. The molecule has 6 nitrogen and oxygen atoms in total. The van der Waals surface area contributed by atoms with Crippen molar-refractivity contribution in [2.75, 3.05) is 13.1 Å². The first-order chi connectivity index (χ1) is 13.3. The number of fused-ring (bicyclic) bond motifs is 1. The molecule has 0 aliphatic carbocycles. The van der Waals surface area contributed by atoms with Gasteiger partial charge in [0.1, 0.15) is 5.82 Å². The molecule has 1 fully saturated rings. The third kappa shape index (κ3) is 3.00. The summed E-state index contributed by atoms with van der Waals surface area (Å²) in [6.07, 6.45) is 9.82. The summed E-state index contributed by atoms with van der Waals surface area (Å²) >= 11 is 0. The Morgan fingerprint density at radius 3 is 2.78 bits per heavy atom. The van der Waals surface area contributed by atoms with Crippen molar-refractivity contribution in [3.8, 4) is 16.8 Å². The molecule has 0 amide bonds. The van der Waals surface area contributed by atoms with Gasteiger partial charge in [-0.1, -0.05) is 0 Å². The molecular formula is C20H19FN6. The number of halogens is 1. The minimum Gasteiger partial charge on any atom is -0.316 e. The number of hydrogen-bond donors (Lipinski definition) is 1.